The average molecular weight is 1040 g/mol. The average Bonchev–Trinajstić information content (AvgIpc) is 4.11. The lowest BCUT2D eigenvalue weighted by Crippen LogP contribution is -2.54. The predicted octanol–water partition coefficient (Wildman–Crippen LogP) is 5.20. The third-order valence-corrected chi connectivity index (χ3v) is 16.4. The van der Waals surface area contributed by atoms with Gasteiger partial charge in [0.1, 0.15) is 5.78 Å². The van der Waals surface area contributed by atoms with Gasteiger partial charge in [0.05, 0.1) is 48.9 Å². The highest BCUT2D eigenvalue weighted by molar-refractivity contribution is 7.89. The van der Waals surface area contributed by atoms with Gasteiger partial charge in [-0.15, -0.1) is 0 Å². The molecule has 1 saturated carbocycles. The number of carboxylic acids is 1. The van der Waals surface area contributed by atoms with Crippen molar-refractivity contribution in [1.82, 2.24) is 24.7 Å². The number of piperidine rings is 1. The third kappa shape index (κ3) is 16.9. The van der Waals surface area contributed by atoms with Crippen LogP contribution in [-0.4, -0.2) is 152 Å². The number of fused-ring (bicyclic) bond motifs is 2. The molecular weight excluding hydrogens is 959 g/mol. The second kappa shape index (κ2) is 28.2. The van der Waals surface area contributed by atoms with E-state index in [0.717, 1.165) is 31.1 Å². The van der Waals surface area contributed by atoms with Gasteiger partial charge in [-0.2, -0.15) is 0 Å². The molecule has 2 bridgehead atoms. The van der Waals surface area contributed by atoms with Crippen molar-refractivity contribution >= 4 is 57.1 Å². The van der Waals surface area contributed by atoms with Crippen molar-refractivity contribution in [3.8, 4) is 0 Å². The number of methoxy groups -OCH3 is 2. The van der Waals surface area contributed by atoms with E-state index >= 15 is 0 Å². The largest absolute Gasteiger partial charge is 0.481 e. The SMILES string of the molecule is CC[C@H](C)[C@@H]([C@@H](CC(=O)N1CCC[C@H]1[C@H](OC)[C@@H](C)C(=O)C[C@@H](Cc1ccccc1)C(=O)NS(C)(=O)=O)OC)N(C)C(=O)[C@@H](CC(=O)[C@@H]1[C@H]2CC[C@H](C2)N1C(=O)CCCCCNC(=O)CC(C)C(=O)O)C(C)C. The molecule has 2 saturated heterocycles. The standard InChI is InChI=1S/C54H85N5O13S/c1-11-34(4)49(45(71-8)32-48(64)58-26-18-21-42(58)51(72-9)36(6)43(60)30-39(52(65)56-73(10,69)70)28-37-19-14-12-15-20-37)57(7)53(66)41(33(2)3)31-44(61)50-38-23-24-40(29-38)59(50)47(63)22-16-13-17-25-55-46(62)27-35(5)54(67)68/h12,14-15,19-20,33-36,38-42,45,49-51H,11,13,16-18,21-32H2,1-10H3,(H,55,62)(H,56,65)(H,67,68)/t34-,35?,36-,38-,39+,40+,41-,42-,45+,49-,50-,51+/m0/s1. The molecule has 73 heavy (non-hydrogen) atoms. The van der Waals surface area contributed by atoms with E-state index in [0.29, 0.717) is 51.6 Å². The molecule has 12 atom stereocenters. The van der Waals surface area contributed by atoms with Crippen LogP contribution in [0.3, 0.4) is 0 Å². The van der Waals surface area contributed by atoms with Gasteiger partial charge in [0.25, 0.3) is 0 Å². The summed E-state index contributed by atoms with van der Waals surface area (Å²) < 4.78 is 38.2. The summed E-state index contributed by atoms with van der Waals surface area (Å²) in [4.78, 5) is 113. The van der Waals surface area contributed by atoms with Crippen molar-refractivity contribution in [3.63, 3.8) is 0 Å². The van der Waals surface area contributed by atoms with Gasteiger partial charge in [-0.05, 0) is 74.7 Å². The van der Waals surface area contributed by atoms with Crippen molar-refractivity contribution in [2.45, 2.75) is 174 Å². The van der Waals surface area contributed by atoms with Crippen LogP contribution in [0.25, 0.3) is 0 Å². The summed E-state index contributed by atoms with van der Waals surface area (Å²) in [5.41, 5.74) is 0.766. The number of benzene rings is 1. The molecule has 4 rings (SSSR count). The highest BCUT2D eigenvalue weighted by Gasteiger charge is 2.52. The van der Waals surface area contributed by atoms with Crippen molar-refractivity contribution in [1.29, 1.82) is 0 Å². The fourth-order valence-corrected chi connectivity index (χ4v) is 12.1. The number of nitrogens with one attached hydrogen (secondary N) is 2. The number of amides is 5. The molecule has 2 aliphatic heterocycles. The molecular formula is C54H85N5O13S. The first-order chi connectivity index (χ1) is 34.4. The van der Waals surface area contributed by atoms with E-state index in [9.17, 15) is 46.8 Å². The van der Waals surface area contributed by atoms with Crippen molar-refractivity contribution in [2.75, 3.05) is 40.6 Å². The molecule has 1 aromatic rings. The summed E-state index contributed by atoms with van der Waals surface area (Å²) in [6, 6.07) is 7.37. The zero-order valence-corrected chi connectivity index (χ0v) is 45.8. The summed E-state index contributed by atoms with van der Waals surface area (Å²) in [6.07, 6.45) is 5.54. The number of carbonyl (C=O) groups excluding carboxylic acids is 7. The zero-order valence-electron chi connectivity index (χ0n) is 45.0. The molecule has 3 fully saturated rings. The molecule has 1 aliphatic carbocycles. The molecule has 2 heterocycles. The van der Waals surface area contributed by atoms with E-state index in [1.807, 2.05) is 38.5 Å². The Morgan fingerprint density at radius 1 is 0.863 bits per heavy atom. The number of Topliss-reactive ketones (excluding diaryl/α,β-unsaturated/α-hetero) is 2. The number of ether oxygens (including phenoxy) is 2. The minimum absolute atomic E-state index is 0.0232. The van der Waals surface area contributed by atoms with Gasteiger partial charge in [0.15, 0.2) is 5.78 Å². The maximum Gasteiger partial charge on any atom is 0.306 e. The van der Waals surface area contributed by atoms with Gasteiger partial charge in [0.2, 0.25) is 39.6 Å². The highest BCUT2D eigenvalue weighted by atomic mass is 32.2. The Kier molecular flexibility index (Phi) is 23.5. The van der Waals surface area contributed by atoms with Crippen molar-refractivity contribution in [2.24, 2.45) is 41.4 Å². The lowest BCUT2D eigenvalue weighted by Gasteiger charge is -2.41. The van der Waals surface area contributed by atoms with Crippen LogP contribution in [0.2, 0.25) is 0 Å². The van der Waals surface area contributed by atoms with Crippen LogP contribution in [0.15, 0.2) is 30.3 Å². The lowest BCUT2D eigenvalue weighted by atomic mass is 9.83. The normalized spacial score (nSPS) is 21.9. The highest BCUT2D eigenvalue weighted by Crippen LogP contribution is 2.44. The summed E-state index contributed by atoms with van der Waals surface area (Å²) in [5, 5.41) is 11.8. The number of rotatable bonds is 31. The minimum Gasteiger partial charge on any atom is -0.481 e. The first-order valence-corrected chi connectivity index (χ1v) is 28.4. The Morgan fingerprint density at radius 3 is 2.15 bits per heavy atom. The monoisotopic (exact) mass is 1040 g/mol. The predicted molar refractivity (Wildman–Crippen MR) is 275 cm³/mol. The van der Waals surface area contributed by atoms with E-state index in [4.69, 9.17) is 14.6 Å². The lowest BCUT2D eigenvalue weighted by molar-refractivity contribution is -0.150. The molecule has 1 unspecified atom stereocenters. The first kappa shape index (κ1) is 60.8. The number of hydrogen-bond donors (Lipinski definition) is 3. The number of unbranched alkanes of at least 4 members (excludes halogenated alkanes) is 2. The van der Waals surface area contributed by atoms with Crippen molar-refractivity contribution < 1.29 is 61.4 Å². The first-order valence-electron chi connectivity index (χ1n) is 26.5. The fourth-order valence-electron chi connectivity index (χ4n) is 11.5. The van der Waals surface area contributed by atoms with Crippen LogP contribution in [0.5, 0.6) is 0 Å². The molecule has 3 aliphatic rings. The summed E-state index contributed by atoms with van der Waals surface area (Å²) in [5.74, 6) is -6.63. The molecule has 0 radical (unpaired) electrons. The van der Waals surface area contributed by atoms with Crippen LogP contribution in [0.1, 0.15) is 137 Å². The molecule has 5 amide bonds. The van der Waals surface area contributed by atoms with E-state index in [2.05, 4.69) is 5.32 Å². The summed E-state index contributed by atoms with van der Waals surface area (Å²) >= 11 is 0. The number of nitrogens with zero attached hydrogens (tertiary/aromatic N) is 3. The molecule has 0 aromatic heterocycles. The number of sulfonamides is 1. The molecule has 1 aromatic carbocycles. The Hall–Kier alpha value is -4.75. The Morgan fingerprint density at radius 2 is 1.55 bits per heavy atom. The number of likely N-dealkylation sites (tertiary alicyclic amines) is 2. The van der Waals surface area contributed by atoms with Gasteiger partial charge in [0, 0.05) is 83.8 Å². The second-order valence-corrected chi connectivity index (χ2v) is 23.2. The number of likely N-dealkylation sites (N-methyl/N-ethyl adjacent to an activating group) is 1. The Bertz CT molecular complexity index is 2170. The van der Waals surface area contributed by atoms with E-state index < -0.39 is 75.9 Å². The van der Waals surface area contributed by atoms with Gasteiger partial charge in [-0.1, -0.05) is 84.7 Å². The third-order valence-electron chi connectivity index (χ3n) is 15.8. The number of carboxylic acid groups (broad SMARTS) is 1. The van der Waals surface area contributed by atoms with Crippen LogP contribution in [0, 0.1) is 41.4 Å². The topological polar surface area (TPSA) is 243 Å². The molecule has 3 N–H and O–H groups in total. The zero-order chi connectivity index (χ0) is 54.3. The number of aliphatic carboxylic acids is 1. The van der Waals surface area contributed by atoms with Crippen LogP contribution in [-0.2, 0) is 64.3 Å². The van der Waals surface area contributed by atoms with E-state index in [1.165, 1.54) is 21.1 Å². The second-order valence-electron chi connectivity index (χ2n) is 21.5. The van der Waals surface area contributed by atoms with Crippen LogP contribution >= 0.6 is 0 Å². The van der Waals surface area contributed by atoms with Gasteiger partial charge >= 0.3 is 5.97 Å². The smallest absolute Gasteiger partial charge is 0.306 e. The number of ketones is 2. The Balaban J connectivity index is 1.42. The summed E-state index contributed by atoms with van der Waals surface area (Å²) in [7, 11) is 0.822. The number of hydrogen-bond acceptors (Lipinski definition) is 12. The van der Waals surface area contributed by atoms with Gasteiger partial charge < -0.3 is 34.6 Å². The Labute approximate surface area is 433 Å². The van der Waals surface area contributed by atoms with Crippen molar-refractivity contribution in [3.05, 3.63) is 35.9 Å². The maximum absolute atomic E-state index is 14.8. The quantitative estimate of drug-likeness (QED) is 0.0812. The van der Waals surface area contributed by atoms with Crippen LogP contribution < -0.4 is 10.0 Å². The minimum atomic E-state index is -3.89. The molecule has 0 spiro atoms. The molecule has 18 nitrogen and oxygen atoms in total. The van der Waals surface area contributed by atoms with E-state index in [-0.39, 0.29) is 97.5 Å². The van der Waals surface area contributed by atoms with Gasteiger partial charge in [-0.25, -0.2) is 8.42 Å². The van der Waals surface area contributed by atoms with Crippen LogP contribution in [0.4, 0.5) is 0 Å². The summed E-state index contributed by atoms with van der Waals surface area (Å²) in [6.45, 7) is 11.8. The maximum atomic E-state index is 14.8. The van der Waals surface area contributed by atoms with Gasteiger partial charge in [-0.3, -0.25) is 43.1 Å². The van der Waals surface area contributed by atoms with E-state index in [1.54, 1.807) is 52.9 Å². The molecule has 19 heteroatoms. The number of carbonyl (C=O) groups is 8. The molecule has 410 valence electrons. The fraction of sp³-hybridized carbons (Fsp3) is 0.741.